The molecule has 0 bridgehead atoms. The minimum absolute atomic E-state index is 0.0691. The molecule has 0 saturated carbocycles. The number of nitrogens with one attached hydrogen (secondary N) is 1. The van der Waals surface area contributed by atoms with Crippen LogP contribution in [0.1, 0.15) is 34.3 Å². The Balaban J connectivity index is 1.53. The van der Waals surface area contributed by atoms with Crippen molar-refractivity contribution in [1.29, 1.82) is 0 Å². The number of hydrogen-bond acceptors (Lipinski definition) is 4. The van der Waals surface area contributed by atoms with E-state index in [1.807, 2.05) is 42.5 Å². The number of nitrogens with zero attached hydrogens (tertiary/aromatic N) is 2. The molecule has 1 fully saturated rings. The van der Waals surface area contributed by atoms with Crippen LogP contribution in [0, 0.1) is 5.21 Å². The van der Waals surface area contributed by atoms with Gasteiger partial charge >= 0.3 is 0 Å². The van der Waals surface area contributed by atoms with Gasteiger partial charge < -0.3 is 25.8 Å². The van der Waals surface area contributed by atoms with Crippen LogP contribution in [0.2, 0.25) is 0 Å². The number of nitrogens with two attached hydrogens (primary N) is 1. The van der Waals surface area contributed by atoms with E-state index in [1.165, 1.54) is 0 Å². The maximum atomic E-state index is 14.7. The highest BCUT2D eigenvalue weighted by molar-refractivity contribution is 5.95. The summed E-state index contributed by atoms with van der Waals surface area (Å²) in [6, 6.07) is 18.1. The summed E-state index contributed by atoms with van der Waals surface area (Å²) < 4.78 is -0.830. The van der Waals surface area contributed by atoms with E-state index in [4.69, 9.17) is 5.73 Å². The second-order valence-electron chi connectivity index (χ2n) is 9.61. The molecule has 3 N–H and O–H groups in total. The molecule has 1 saturated heterocycles. The largest absolute Gasteiger partial charge is 0.627 e. The summed E-state index contributed by atoms with van der Waals surface area (Å²) in [4.78, 5) is 27.6. The molecule has 176 valence electrons. The molecular formula is C27H30N4O3. The second kappa shape index (κ2) is 8.83. The lowest BCUT2D eigenvalue weighted by Gasteiger charge is -2.44. The van der Waals surface area contributed by atoms with Gasteiger partial charge in [-0.25, -0.2) is 0 Å². The van der Waals surface area contributed by atoms with Gasteiger partial charge in [-0.1, -0.05) is 48.5 Å². The zero-order valence-electron chi connectivity index (χ0n) is 19.4. The molecule has 5 rings (SSSR count). The number of carbonyl (C=O) groups is 2. The van der Waals surface area contributed by atoms with Crippen molar-refractivity contribution in [2.24, 2.45) is 5.73 Å². The Morgan fingerprint density at radius 3 is 2.59 bits per heavy atom. The lowest BCUT2D eigenvalue weighted by atomic mass is 10.0. The number of hydroxylamine groups is 2. The first-order valence-electron chi connectivity index (χ1n) is 11.8. The maximum Gasteiger partial charge on any atom is 0.279 e. The maximum absolute atomic E-state index is 14.7. The van der Waals surface area contributed by atoms with Gasteiger partial charge in [-0.05, 0) is 49.8 Å². The minimum Gasteiger partial charge on any atom is -0.627 e. The Bertz CT molecular complexity index is 1250. The van der Waals surface area contributed by atoms with Gasteiger partial charge in [0.2, 0.25) is 5.91 Å². The predicted molar refractivity (Wildman–Crippen MR) is 134 cm³/mol. The van der Waals surface area contributed by atoms with Crippen molar-refractivity contribution in [2.45, 2.75) is 37.9 Å². The van der Waals surface area contributed by atoms with Gasteiger partial charge in [-0.15, -0.1) is 0 Å². The first-order valence-corrected chi connectivity index (χ1v) is 11.8. The van der Waals surface area contributed by atoms with Crippen molar-refractivity contribution in [3.05, 3.63) is 82.6 Å². The molecule has 3 aromatic carbocycles. The topological polar surface area (TPSA) is 98.5 Å². The Morgan fingerprint density at radius 2 is 1.82 bits per heavy atom. The normalized spacial score (nSPS) is 23.1. The number of rotatable bonds is 5. The summed E-state index contributed by atoms with van der Waals surface area (Å²) in [5, 5.41) is 19.9. The summed E-state index contributed by atoms with van der Waals surface area (Å²) in [5.41, 5.74) is 7.93. The van der Waals surface area contributed by atoms with Crippen LogP contribution in [-0.4, -0.2) is 48.9 Å². The minimum atomic E-state index is -0.830. The van der Waals surface area contributed by atoms with Crippen molar-refractivity contribution in [3.63, 3.8) is 0 Å². The van der Waals surface area contributed by atoms with E-state index in [0.29, 0.717) is 12.1 Å². The van der Waals surface area contributed by atoms with Crippen LogP contribution in [0.4, 0.5) is 5.69 Å². The fraction of sp³-hybridized carbons (Fsp3) is 0.333. The van der Waals surface area contributed by atoms with Crippen molar-refractivity contribution in [1.82, 2.24) is 14.9 Å². The van der Waals surface area contributed by atoms with E-state index in [2.05, 4.69) is 17.3 Å². The number of amides is 2. The zero-order chi connectivity index (χ0) is 23.9. The number of carbonyl (C=O) groups excluding carboxylic acids is 2. The molecule has 34 heavy (non-hydrogen) atoms. The first-order chi connectivity index (χ1) is 16.3. The highest BCUT2D eigenvalue weighted by Crippen LogP contribution is 2.41. The molecule has 0 aliphatic carbocycles. The first kappa shape index (κ1) is 22.5. The number of benzene rings is 3. The Labute approximate surface area is 199 Å². The predicted octanol–water partition coefficient (Wildman–Crippen LogP) is 3.08. The molecule has 2 aliphatic rings. The van der Waals surface area contributed by atoms with E-state index in [1.54, 1.807) is 18.2 Å². The molecule has 0 radical (unpaired) electrons. The number of hydrogen-bond donors (Lipinski definition) is 2. The lowest BCUT2D eigenvalue weighted by molar-refractivity contribution is -0.126. The lowest BCUT2D eigenvalue weighted by Crippen LogP contribution is -2.58. The molecule has 2 amide bonds. The monoisotopic (exact) mass is 458 g/mol. The highest BCUT2D eigenvalue weighted by Gasteiger charge is 2.46. The smallest absolute Gasteiger partial charge is 0.279 e. The van der Waals surface area contributed by atoms with E-state index in [-0.39, 0.29) is 24.1 Å². The zero-order valence-corrected chi connectivity index (χ0v) is 19.4. The van der Waals surface area contributed by atoms with E-state index >= 15 is 0 Å². The molecule has 2 heterocycles. The fourth-order valence-electron chi connectivity index (χ4n) is 5.38. The quantitative estimate of drug-likeness (QED) is 0.453. The summed E-state index contributed by atoms with van der Waals surface area (Å²) in [6.45, 7) is 1.94. The number of piperidine rings is 1. The number of likely N-dealkylation sites (tertiary alicyclic amines) is 1. The van der Waals surface area contributed by atoms with Gasteiger partial charge in [0.1, 0.15) is 12.2 Å². The molecule has 0 aromatic heterocycles. The second-order valence-corrected chi connectivity index (χ2v) is 9.61. The van der Waals surface area contributed by atoms with Crippen molar-refractivity contribution in [3.8, 4) is 0 Å². The van der Waals surface area contributed by atoms with Crippen LogP contribution in [0.15, 0.2) is 60.7 Å². The van der Waals surface area contributed by atoms with Gasteiger partial charge in [-0.3, -0.25) is 9.59 Å². The van der Waals surface area contributed by atoms with Gasteiger partial charge in [0.25, 0.3) is 5.91 Å². The third kappa shape index (κ3) is 4.07. The van der Waals surface area contributed by atoms with Crippen LogP contribution < -0.4 is 15.7 Å². The molecule has 7 nitrogen and oxygen atoms in total. The standard InChI is InChI=1S/C27H30N4O3/c1-30-13-11-22(12-14-30)29-27(33)25-15-19-9-10-20(26(28)32)16-24(19)31(25,34)17-21-7-4-6-18-5-2-3-8-23(18)21/h2-10,16,22,25H,11-15,17H2,1H3,(H2,28,32)(H,29,33). The summed E-state index contributed by atoms with van der Waals surface area (Å²) >= 11 is 0. The average Bonchev–Trinajstić information content (AvgIpc) is 3.12. The SMILES string of the molecule is CN1CCC(NC(=O)C2Cc3ccc(C(N)=O)cc3[N+]2([O-])Cc2cccc3ccccc23)CC1. The molecule has 2 aliphatic heterocycles. The number of fused-ring (bicyclic) bond motifs is 2. The molecule has 7 heteroatoms. The van der Waals surface area contributed by atoms with E-state index < -0.39 is 16.6 Å². The van der Waals surface area contributed by atoms with Crippen molar-refractivity contribution in [2.75, 3.05) is 20.1 Å². The van der Waals surface area contributed by atoms with Crippen LogP contribution in [0.25, 0.3) is 10.8 Å². The molecule has 0 spiro atoms. The van der Waals surface area contributed by atoms with Crippen LogP contribution in [-0.2, 0) is 17.8 Å². The average molecular weight is 459 g/mol. The van der Waals surface area contributed by atoms with Crippen LogP contribution >= 0.6 is 0 Å². The van der Waals surface area contributed by atoms with Gasteiger partial charge in [0, 0.05) is 35.2 Å². The third-order valence-corrected chi connectivity index (χ3v) is 7.35. The molecular weight excluding hydrogens is 428 g/mol. The molecule has 3 aromatic rings. The van der Waals surface area contributed by atoms with E-state index in [0.717, 1.165) is 47.8 Å². The van der Waals surface area contributed by atoms with Crippen LogP contribution in [0.3, 0.4) is 0 Å². The van der Waals surface area contributed by atoms with Gasteiger partial charge in [-0.2, -0.15) is 0 Å². The van der Waals surface area contributed by atoms with Crippen molar-refractivity contribution < 1.29 is 9.59 Å². The van der Waals surface area contributed by atoms with Crippen molar-refractivity contribution >= 4 is 28.3 Å². The Hall–Kier alpha value is -3.26. The molecule has 2 atom stereocenters. The Morgan fingerprint density at radius 1 is 1.09 bits per heavy atom. The highest BCUT2D eigenvalue weighted by atomic mass is 16.6. The summed E-state index contributed by atoms with van der Waals surface area (Å²) in [5.74, 6) is -0.805. The van der Waals surface area contributed by atoms with E-state index in [9.17, 15) is 14.8 Å². The molecule has 2 unspecified atom stereocenters. The fourth-order valence-corrected chi connectivity index (χ4v) is 5.38. The number of quaternary nitrogens is 1. The summed E-state index contributed by atoms with van der Waals surface area (Å²) in [7, 11) is 2.08. The Kier molecular flexibility index (Phi) is 5.85. The van der Waals surface area contributed by atoms with Gasteiger partial charge in [0.15, 0.2) is 6.04 Å². The summed E-state index contributed by atoms with van der Waals surface area (Å²) in [6.07, 6.45) is 2.08. The number of primary amides is 1. The third-order valence-electron chi connectivity index (χ3n) is 7.35. The van der Waals surface area contributed by atoms with Gasteiger partial charge in [0.05, 0.1) is 0 Å². The van der Waals surface area contributed by atoms with Crippen LogP contribution in [0.5, 0.6) is 0 Å².